The van der Waals surface area contributed by atoms with Crippen molar-refractivity contribution in [3.63, 3.8) is 0 Å². The topological polar surface area (TPSA) is 100 Å². The maximum absolute atomic E-state index is 13.5. The Hall–Kier alpha value is -3.25. The summed E-state index contributed by atoms with van der Waals surface area (Å²) in [4.78, 5) is 26.0. The summed E-state index contributed by atoms with van der Waals surface area (Å²) in [5.41, 5.74) is -2.81. The Labute approximate surface area is 183 Å². The van der Waals surface area contributed by atoms with Crippen molar-refractivity contribution in [2.24, 2.45) is 5.92 Å². The standard InChI is InChI=1S/C20H20F6N4O3/c1-27-15-8-12(17-14(6-7-28-17)20(24,25)26)13(9-16(15)30(32)33)18(31)29-11-4-2-10(3-5-11)19(21,22)23/h6-11,27-28H,2-5H2,1H3,(H,29,31). The number of nitro benzene ring substituents is 1. The fraction of sp³-hybridized carbons (Fsp3) is 0.450. The van der Waals surface area contributed by atoms with E-state index < -0.39 is 57.7 Å². The molecule has 1 aliphatic carbocycles. The van der Waals surface area contributed by atoms with Crippen LogP contribution >= 0.6 is 0 Å². The second kappa shape index (κ2) is 8.94. The molecule has 3 rings (SSSR count). The lowest BCUT2D eigenvalue weighted by molar-refractivity contribution is -0.384. The number of rotatable bonds is 5. The summed E-state index contributed by atoms with van der Waals surface area (Å²) in [5.74, 6) is -2.39. The normalized spacial score (nSPS) is 19.2. The molecule has 0 atom stereocenters. The monoisotopic (exact) mass is 478 g/mol. The summed E-state index contributed by atoms with van der Waals surface area (Å²) >= 11 is 0. The van der Waals surface area contributed by atoms with Crippen molar-refractivity contribution in [1.29, 1.82) is 0 Å². The van der Waals surface area contributed by atoms with Gasteiger partial charge in [0.2, 0.25) is 0 Å². The molecule has 0 unspecified atom stereocenters. The van der Waals surface area contributed by atoms with Crippen molar-refractivity contribution in [2.75, 3.05) is 12.4 Å². The van der Waals surface area contributed by atoms with E-state index in [0.717, 1.165) is 24.4 Å². The van der Waals surface area contributed by atoms with Crippen molar-refractivity contribution in [3.05, 3.63) is 45.6 Å². The van der Waals surface area contributed by atoms with E-state index in [1.807, 2.05) is 0 Å². The highest BCUT2D eigenvalue weighted by molar-refractivity contribution is 6.03. The van der Waals surface area contributed by atoms with Crippen molar-refractivity contribution in [3.8, 4) is 11.3 Å². The molecular weight excluding hydrogens is 458 g/mol. The molecule has 0 radical (unpaired) electrons. The number of aromatic amines is 1. The molecule has 0 saturated heterocycles. The van der Waals surface area contributed by atoms with E-state index >= 15 is 0 Å². The van der Waals surface area contributed by atoms with Crippen LogP contribution in [0.2, 0.25) is 0 Å². The van der Waals surface area contributed by atoms with E-state index in [1.165, 1.54) is 7.05 Å². The Bertz CT molecular complexity index is 1040. The average molecular weight is 478 g/mol. The van der Waals surface area contributed by atoms with Crippen LogP contribution in [0.25, 0.3) is 11.3 Å². The van der Waals surface area contributed by atoms with Gasteiger partial charge in [0, 0.05) is 30.9 Å². The Kier molecular flexibility index (Phi) is 6.61. The molecule has 0 aliphatic heterocycles. The number of benzene rings is 1. The number of alkyl halides is 6. The van der Waals surface area contributed by atoms with Crippen molar-refractivity contribution in [2.45, 2.75) is 44.1 Å². The molecule has 7 nitrogen and oxygen atoms in total. The predicted molar refractivity (Wildman–Crippen MR) is 107 cm³/mol. The predicted octanol–water partition coefficient (Wildman–Crippen LogP) is 5.50. The number of carbonyl (C=O) groups excluding carboxylic acids is 1. The lowest BCUT2D eigenvalue weighted by Gasteiger charge is -2.30. The second-order valence-corrected chi connectivity index (χ2v) is 7.75. The van der Waals surface area contributed by atoms with Gasteiger partial charge in [0.15, 0.2) is 0 Å². The van der Waals surface area contributed by atoms with Crippen LogP contribution in [0.1, 0.15) is 41.6 Å². The van der Waals surface area contributed by atoms with Crippen LogP contribution in [0.15, 0.2) is 24.4 Å². The van der Waals surface area contributed by atoms with Crippen molar-refractivity contribution < 1.29 is 36.1 Å². The molecule has 2 aromatic rings. The number of hydrogen-bond donors (Lipinski definition) is 3. The van der Waals surface area contributed by atoms with E-state index in [4.69, 9.17) is 0 Å². The number of halogens is 6. The molecule has 1 aliphatic rings. The minimum atomic E-state index is -4.76. The molecular formula is C20H20F6N4O3. The number of amides is 1. The molecule has 3 N–H and O–H groups in total. The van der Waals surface area contributed by atoms with E-state index in [0.29, 0.717) is 0 Å². The van der Waals surface area contributed by atoms with Crippen LogP contribution < -0.4 is 10.6 Å². The Morgan fingerprint density at radius 2 is 1.76 bits per heavy atom. The summed E-state index contributed by atoms with van der Waals surface area (Å²) in [6, 6.07) is 2.06. The van der Waals surface area contributed by atoms with Crippen LogP contribution in [-0.2, 0) is 6.18 Å². The summed E-state index contributed by atoms with van der Waals surface area (Å²) in [6.45, 7) is 0. The first kappa shape index (κ1) is 24.4. The lowest BCUT2D eigenvalue weighted by Crippen LogP contribution is -2.40. The Morgan fingerprint density at radius 3 is 2.27 bits per heavy atom. The highest BCUT2D eigenvalue weighted by Gasteiger charge is 2.42. The zero-order valence-corrected chi connectivity index (χ0v) is 17.2. The number of nitrogens with one attached hydrogen (secondary N) is 3. The van der Waals surface area contributed by atoms with Crippen LogP contribution in [0.3, 0.4) is 0 Å². The number of nitrogens with zero attached hydrogens (tertiary/aromatic N) is 1. The molecule has 1 fully saturated rings. The molecule has 0 bridgehead atoms. The second-order valence-electron chi connectivity index (χ2n) is 7.75. The number of nitro groups is 1. The smallest absolute Gasteiger partial charge is 0.383 e. The summed E-state index contributed by atoms with van der Waals surface area (Å²) in [5, 5.41) is 16.5. The molecule has 1 saturated carbocycles. The van der Waals surface area contributed by atoms with Gasteiger partial charge in [-0.15, -0.1) is 0 Å². The average Bonchev–Trinajstić information content (AvgIpc) is 3.22. The number of carbonyl (C=O) groups is 1. The van der Waals surface area contributed by atoms with Gasteiger partial charge in [-0.05, 0) is 37.8 Å². The fourth-order valence-corrected chi connectivity index (χ4v) is 3.99. The van der Waals surface area contributed by atoms with Gasteiger partial charge in [-0.25, -0.2) is 0 Å². The van der Waals surface area contributed by atoms with E-state index in [1.54, 1.807) is 0 Å². The summed E-state index contributed by atoms with van der Waals surface area (Å²) < 4.78 is 79.0. The van der Waals surface area contributed by atoms with Crippen LogP contribution in [0, 0.1) is 16.0 Å². The Morgan fingerprint density at radius 1 is 1.12 bits per heavy atom. The third-order valence-electron chi connectivity index (χ3n) is 5.69. The minimum Gasteiger partial charge on any atom is -0.383 e. The van der Waals surface area contributed by atoms with Crippen LogP contribution in [0.4, 0.5) is 37.7 Å². The van der Waals surface area contributed by atoms with Gasteiger partial charge in [-0.2, -0.15) is 26.3 Å². The van der Waals surface area contributed by atoms with Gasteiger partial charge in [0.1, 0.15) is 5.69 Å². The largest absolute Gasteiger partial charge is 0.418 e. The molecule has 1 aromatic carbocycles. The van der Waals surface area contributed by atoms with Crippen molar-refractivity contribution in [1.82, 2.24) is 10.3 Å². The number of hydrogen-bond acceptors (Lipinski definition) is 4. The first-order valence-corrected chi connectivity index (χ1v) is 9.95. The number of anilines is 1. The maximum atomic E-state index is 13.5. The van der Waals surface area contributed by atoms with Gasteiger partial charge >= 0.3 is 12.4 Å². The van der Waals surface area contributed by atoms with Crippen LogP contribution in [0.5, 0.6) is 0 Å². The fourth-order valence-electron chi connectivity index (χ4n) is 3.99. The lowest BCUT2D eigenvalue weighted by atomic mass is 9.85. The molecule has 180 valence electrons. The SMILES string of the molecule is CNc1cc(-c2[nH]ccc2C(F)(F)F)c(C(=O)NC2CCC(C(F)(F)F)CC2)cc1[N+](=O)[O-]. The first-order valence-electron chi connectivity index (χ1n) is 9.95. The number of H-pyrrole nitrogens is 1. The molecule has 1 aromatic heterocycles. The molecule has 0 spiro atoms. The third kappa shape index (κ3) is 5.22. The van der Waals surface area contributed by atoms with Gasteiger partial charge in [-0.1, -0.05) is 0 Å². The minimum absolute atomic E-state index is 0.0260. The molecule has 13 heteroatoms. The van der Waals surface area contributed by atoms with E-state index in [2.05, 4.69) is 15.6 Å². The van der Waals surface area contributed by atoms with Gasteiger partial charge < -0.3 is 15.6 Å². The number of aromatic nitrogens is 1. The quantitative estimate of drug-likeness (QED) is 0.300. The van der Waals surface area contributed by atoms with E-state index in [-0.39, 0.29) is 36.9 Å². The van der Waals surface area contributed by atoms with Gasteiger partial charge in [0.25, 0.3) is 11.6 Å². The van der Waals surface area contributed by atoms with Gasteiger partial charge in [-0.3, -0.25) is 14.9 Å². The van der Waals surface area contributed by atoms with Gasteiger partial charge in [0.05, 0.1) is 27.7 Å². The highest BCUT2D eigenvalue weighted by Crippen LogP contribution is 2.41. The molecule has 1 heterocycles. The highest BCUT2D eigenvalue weighted by atomic mass is 19.4. The Balaban J connectivity index is 1.98. The third-order valence-corrected chi connectivity index (χ3v) is 5.69. The summed E-state index contributed by atoms with van der Waals surface area (Å²) in [7, 11) is 1.34. The summed E-state index contributed by atoms with van der Waals surface area (Å²) in [6.07, 6.45) is -8.42. The zero-order chi connectivity index (χ0) is 24.6. The molecule has 33 heavy (non-hydrogen) atoms. The maximum Gasteiger partial charge on any atom is 0.418 e. The zero-order valence-electron chi connectivity index (χ0n) is 17.2. The van der Waals surface area contributed by atoms with Crippen LogP contribution in [-0.4, -0.2) is 35.1 Å². The van der Waals surface area contributed by atoms with E-state index in [9.17, 15) is 41.3 Å². The first-order chi connectivity index (χ1) is 15.3. The van der Waals surface area contributed by atoms with Crippen molar-refractivity contribution >= 4 is 17.3 Å². The molecule has 1 amide bonds.